The normalized spacial score (nSPS) is 18.0. The van der Waals surface area contributed by atoms with Crippen LogP contribution in [0.3, 0.4) is 0 Å². The number of rotatable bonds is 4. The van der Waals surface area contributed by atoms with Gasteiger partial charge in [0.05, 0.1) is 16.3 Å². The summed E-state index contributed by atoms with van der Waals surface area (Å²) in [7, 11) is -3.13. The first kappa shape index (κ1) is 15.1. The van der Waals surface area contributed by atoms with Gasteiger partial charge in [0.15, 0.2) is 9.84 Å². The highest BCUT2D eigenvalue weighted by Gasteiger charge is 2.19. The molecule has 1 aliphatic heterocycles. The maximum absolute atomic E-state index is 11.8. The maximum Gasteiger partial charge on any atom is 0.178 e. The fourth-order valence-corrected chi connectivity index (χ4v) is 3.75. The summed E-state index contributed by atoms with van der Waals surface area (Å²) >= 11 is 0. The van der Waals surface area contributed by atoms with Gasteiger partial charge in [0, 0.05) is 30.9 Å². The molecule has 0 spiro atoms. The lowest BCUT2D eigenvalue weighted by molar-refractivity contribution is 0.476. The zero-order valence-corrected chi connectivity index (χ0v) is 13.7. The van der Waals surface area contributed by atoms with Gasteiger partial charge < -0.3 is 9.88 Å². The zero-order valence-electron chi connectivity index (χ0n) is 12.9. The van der Waals surface area contributed by atoms with Gasteiger partial charge in [-0.2, -0.15) is 0 Å². The number of hydrogen-bond donors (Lipinski definition) is 1. The first-order valence-corrected chi connectivity index (χ1v) is 9.25. The van der Waals surface area contributed by atoms with Gasteiger partial charge in [0.25, 0.3) is 0 Å². The predicted octanol–water partition coefficient (Wildman–Crippen LogP) is 2.41. The molecule has 1 atom stereocenters. The highest BCUT2D eigenvalue weighted by molar-refractivity contribution is 7.91. The van der Waals surface area contributed by atoms with E-state index in [4.69, 9.17) is 0 Å². The van der Waals surface area contributed by atoms with Gasteiger partial charge in [-0.1, -0.05) is 6.92 Å². The highest BCUT2D eigenvalue weighted by atomic mass is 32.2. The summed E-state index contributed by atoms with van der Waals surface area (Å²) in [5, 5.41) is 3.48. The molecule has 2 aromatic rings. The summed E-state index contributed by atoms with van der Waals surface area (Å²) in [6.07, 6.45) is 4.08. The summed E-state index contributed by atoms with van der Waals surface area (Å²) in [6, 6.07) is 7.39. The Hall–Kier alpha value is -1.82. The molecule has 0 unspecified atom stereocenters. The summed E-state index contributed by atoms with van der Waals surface area (Å²) in [6.45, 7) is 4.57. The van der Waals surface area contributed by atoms with Crippen molar-refractivity contribution in [2.45, 2.75) is 44.2 Å². The molecule has 22 heavy (non-hydrogen) atoms. The molecule has 1 aliphatic rings. The van der Waals surface area contributed by atoms with E-state index in [1.807, 2.05) is 19.1 Å². The number of nitrogens with zero attached hydrogens (tertiary/aromatic N) is 2. The Morgan fingerprint density at radius 2 is 2.05 bits per heavy atom. The molecule has 0 bridgehead atoms. The van der Waals surface area contributed by atoms with Crippen molar-refractivity contribution in [1.82, 2.24) is 9.55 Å². The molecule has 1 aromatic heterocycles. The van der Waals surface area contributed by atoms with E-state index in [0.717, 1.165) is 36.6 Å². The maximum atomic E-state index is 11.8. The highest BCUT2D eigenvalue weighted by Crippen LogP contribution is 2.20. The van der Waals surface area contributed by atoms with Gasteiger partial charge in [-0.15, -0.1) is 0 Å². The standard InChI is InChI=1S/C16H21N3O2S/c1-3-22(20,21)15-7-4-13(5-8-15)18-14-6-9-16-17-12(2)10-19(16)11-14/h4-5,7-8,10,14,18H,3,6,9,11H2,1-2H3/t14-/m1/s1. The molecule has 0 saturated heterocycles. The first-order chi connectivity index (χ1) is 10.5. The van der Waals surface area contributed by atoms with E-state index in [0.29, 0.717) is 10.9 Å². The monoisotopic (exact) mass is 319 g/mol. The van der Waals surface area contributed by atoms with Crippen LogP contribution in [-0.2, 0) is 22.8 Å². The van der Waals surface area contributed by atoms with Crippen LogP contribution in [0.4, 0.5) is 5.69 Å². The minimum absolute atomic E-state index is 0.130. The molecule has 3 rings (SSSR count). The number of hydrogen-bond acceptors (Lipinski definition) is 4. The molecule has 1 aromatic carbocycles. The third-order valence-electron chi connectivity index (χ3n) is 4.08. The zero-order chi connectivity index (χ0) is 15.7. The van der Waals surface area contributed by atoms with Crippen molar-refractivity contribution < 1.29 is 8.42 Å². The van der Waals surface area contributed by atoms with Crippen LogP contribution in [0.2, 0.25) is 0 Å². The number of anilines is 1. The Morgan fingerprint density at radius 3 is 2.73 bits per heavy atom. The second kappa shape index (κ2) is 5.76. The lowest BCUT2D eigenvalue weighted by Crippen LogP contribution is -2.31. The molecule has 5 nitrogen and oxygen atoms in total. The SMILES string of the molecule is CCS(=O)(=O)c1ccc(N[C@@H]2CCc3nc(C)cn3C2)cc1. The summed E-state index contributed by atoms with van der Waals surface area (Å²) in [5.74, 6) is 1.28. The summed E-state index contributed by atoms with van der Waals surface area (Å²) in [4.78, 5) is 4.90. The largest absolute Gasteiger partial charge is 0.380 e. The third kappa shape index (κ3) is 3.02. The molecular formula is C16H21N3O2S. The van der Waals surface area contributed by atoms with Gasteiger partial charge in [-0.05, 0) is 37.6 Å². The molecule has 2 heterocycles. The number of nitrogens with one attached hydrogen (secondary N) is 1. The van der Waals surface area contributed by atoms with Crippen LogP contribution in [0, 0.1) is 6.92 Å². The van der Waals surface area contributed by atoms with E-state index in [1.54, 1.807) is 19.1 Å². The van der Waals surface area contributed by atoms with Crippen LogP contribution in [0.15, 0.2) is 35.4 Å². The molecule has 6 heteroatoms. The van der Waals surface area contributed by atoms with Crippen molar-refractivity contribution in [1.29, 1.82) is 0 Å². The summed E-state index contributed by atoms with van der Waals surface area (Å²) in [5.41, 5.74) is 2.02. The van der Waals surface area contributed by atoms with Crippen LogP contribution in [0.25, 0.3) is 0 Å². The third-order valence-corrected chi connectivity index (χ3v) is 5.83. The van der Waals surface area contributed by atoms with E-state index >= 15 is 0 Å². The number of imidazole rings is 1. The van der Waals surface area contributed by atoms with Crippen molar-refractivity contribution in [3.8, 4) is 0 Å². The second-order valence-corrected chi connectivity index (χ2v) is 8.04. The molecule has 0 amide bonds. The van der Waals surface area contributed by atoms with Gasteiger partial charge >= 0.3 is 0 Å². The minimum atomic E-state index is -3.13. The lowest BCUT2D eigenvalue weighted by atomic mass is 10.1. The number of aryl methyl sites for hydroxylation is 2. The van der Waals surface area contributed by atoms with Crippen molar-refractivity contribution in [2.24, 2.45) is 0 Å². The van der Waals surface area contributed by atoms with Crippen molar-refractivity contribution in [2.75, 3.05) is 11.1 Å². The molecule has 0 fully saturated rings. The van der Waals surface area contributed by atoms with Crippen LogP contribution >= 0.6 is 0 Å². The lowest BCUT2D eigenvalue weighted by Gasteiger charge is -2.25. The number of fused-ring (bicyclic) bond motifs is 1. The second-order valence-electron chi connectivity index (χ2n) is 5.76. The quantitative estimate of drug-likeness (QED) is 0.940. The molecule has 0 radical (unpaired) electrons. The molecule has 118 valence electrons. The van der Waals surface area contributed by atoms with E-state index in [1.165, 1.54) is 0 Å². The number of benzene rings is 1. The first-order valence-electron chi connectivity index (χ1n) is 7.60. The van der Waals surface area contributed by atoms with Crippen molar-refractivity contribution in [3.05, 3.63) is 42.0 Å². The topological polar surface area (TPSA) is 64.0 Å². The van der Waals surface area contributed by atoms with E-state index in [-0.39, 0.29) is 5.75 Å². The van der Waals surface area contributed by atoms with Gasteiger partial charge in [0.1, 0.15) is 5.82 Å². The Balaban J connectivity index is 1.70. The molecule has 0 aliphatic carbocycles. The van der Waals surface area contributed by atoms with Crippen LogP contribution in [0.1, 0.15) is 24.9 Å². The Bertz CT molecular complexity index is 763. The van der Waals surface area contributed by atoms with Gasteiger partial charge in [0.2, 0.25) is 0 Å². The fourth-order valence-electron chi connectivity index (χ4n) is 2.87. The Labute approximate surface area is 131 Å². The van der Waals surface area contributed by atoms with Gasteiger partial charge in [-0.25, -0.2) is 13.4 Å². The van der Waals surface area contributed by atoms with E-state index in [2.05, 4.69) is 21.1 Å². The minimum Gasteiger partial charge on any atom is -0.380 e. The van der Waals surface area contributed by atoms with Crippen LogP contribution in [-0.4, -0.2) is 29.8 Å². The van der Waals surface area contributed by atoms with Crippen LogP contribution < -0.4 is 5.32 Å². The Kier molecular flexibility index (Phi) is 3.95. The van der Waals surface area contributed by atoms with Crippen LogP contribution in [0.5, 0.6) is 0 Å². The smallest absolute Gasteiger partial charge is 0.178 e. The fraction of sp³-hybridized carbons (Fsp3) is 0.438. The summed E-state index contributed by atoms with van der Waals surface area (Å²) < 4.78 is 25.8. The van der Waals surface area contributed by atoms with E-state index < -0.39 is 9.84 Å². The number of aromatic nitrogens is 2. The number of sulfone groups is 1. The van der Waals surface area contributed by atoms with E-state index in [9.17, 15) is 8.42 Å². The Morgan fingerprint density at radius 1 is 1.32 bits per heavy atom. The average molecular weight is 319 g/mol. The van der Waals surface area contributed by atoms with Crippen molar-refractivity contribution in [3.63, 3.8) is 0 Å². The predicted molar refractivity (Wildman–Crippen MR) is 86.9 cm³/mol. The molecule has 1 N–H and O–H groups in total. The van der Waals surface area contributed by atoms with Gasteiger partial charge in [-0.3, -0.25) is 0 Å². The molecule has 0 saturated carbocycles. The van der Waals surface area contributed by atoms with Crippen molar-refractivity contribution >= 4 is 15.5 Å². The molecular weight excluding hydrogens is 298 g/mol. The average Bonchev–Trinajstić information content (AvgIpc) is 2.87.